The lowest BCUT2D eigenvalue weighted by atomic mass is 10.1. The predicted molar refractivity (Wildman–Crippen MR) is 89.0 cm³/mol. The minimum absolute atomic E-state index is 0.00743. The number of rotatable bonds is 4. The van der Waals surface area contributed by atoms with Gasteiger partial charge in [-0.1, -0.05) is 35.9 Å². The number of aromatic nitrogens is 1. The number of nitrogens with zero attached hydrogens (tertiary/aromatic N) is 1. The van der Waals surface area contributed by atoms with E-state index in [4.69, 9.17) is 20.8 Å². The molecule has 0 fully saturated rings. The maximum Gasteiger partial charge on any atom is 0.331 e. The second-order valence-corrected chi connectivity index (χ2v) is 5.43. The number of esters is 1. The van der Waals surface area contributed by atoms with Crippen LogP contribution in [0.2, 0.25) is 5.02 Å². The number of para-hydroxylation sites is 2. The standard InChI is InChI=1S/C18H14ClNO3/c1-12-6-7-13(10-14(12)19)8-9-18(21)22-11-17-20-15-4-2-3-5-16(15)23-17/h2-10H,11H2,1H3/b9-8+. The first-order valence-electron chi connectivity index (χ1n) is 7.07. The number of carbonyl (C=O) groups is 1. The van der Waals surface area contributed by atoms with E-state index in [0.717, 1.165) is 16.6 Å². The lowest BCUT2D eigenvalue weighted by Gasteiger charge is -1.99. The summed E-state index contributed by atoms with van der Waals surface area (Å²) in [5, 5.41) is 0.659. The zero-order valence-electron chi connectivity index (χ0n) is 12.5. The Morgan fingerprint density at radius 1 is 1.30 bits per heavy atom. The van der Waals surface area contributed by atoms with Crippen LogP contribution in [0.3, 0.4) is 0 Å². The maximum absolute atomic E-state index is 11.7. The number of aryl methyl sites for hydroxylation is 1. The summed E-state index contributed by atoms with van der Waals surface area (Å²) in [4.78, 5) is 16.0. The third-order valence-corrected chi connectivity index (χ3v) is 3.69. The molecule has 1 heterocycles. The Morgan fingerprint density at radius 2 is 2.13 bits per heavy atom. The van der Waals surface area contributed by atoms with Crippen LogP contribution < -0.4 is 0 Å². The summed E-state index contributed by atoms with van der Waals surface area (Å²) >= 11 is 6.04. The van der Waals surface area contributed by atoms with Gasteiger partial charge in [0.25, 0.3) is 0 Å². The molecule has 0 spiro atoms. The third kappa shape index (κ3) is 3.79. The van der Waals surface area contributed by atoms with Crippen molar-refractivity contribution >= 4 is 34.7 Å². The van der Waals surface area contributed by atoms with E-state index in [-0.39, 0.29) is 6.61 Å². The molecule has 0 aliphatic carbocycles. The summed E-state index contributed by atoms with van der Waals surface area (Å²) in [5.74, 6) is -0.102. The molecule has 0 unspecified atom stereocenters. The number of hydrogen-bond donors (Lipinski definition) is 0. The highest BCUT2D eigenvalue weighted by Crippen LogP contribution is 2.18. The summed E-state index contributed by atoms with van der Waals surface area (Å²) in [6, 6.07) is 13.0. The Labute approximate surface area is 138 Å². The molecule has 3 rings (SSSR count). The number of ether oxygens (including phenoxy) is 1. The van der Waals surface area contributed by atoms with Gasteiger partial charge >= 0.3 is 5.97 Å². The minimum Gasteiger partial charge on any atom is -0.453 e. The van der Waals surface area contributed by atoms with Gasteiger partial charge in [-0.05, 0) is 42.3 Å². The van der Waals surface area contributed by atoms with Gasteiger partial charge in [-0.25, -0.2) is 9.78 Å². The molecule has 116 valence electrons. The first-order valence-corrected chi connectivity index (χ1v) is 7.45. The monoisotopic (exact) mass is 327 g/mol. The van der Waals surface area contributed by atoms with E-state index in [9.17, 15) is 4.79 Å². The molecule has 0 N–H and O–H groups in total. The molecule has 0 atom stereocenters. The van der Waals surface area contributed by atoms with Crippen molar-refractivity contribution in [1.29, 1.82) is 0 Å². The highest BCUT2D eigenvalue weighted by molar-refractivity contribution is 6.31. The molecule has 0 saturated heterocycles. The van der Waals surface area contributed by atoms with E-state index in [2.05, 4.69) is 4.98 Å². The molecule has 0 bridgehead atoms. The fourth-order valence-corrected chi connectivity index (χ4v) is 2.23. The molecule has 0 saturated carbocycles. The topological polar surface area (TPSA) is 52.3 Å². The molecule has 23 heavy (non-hydrogen) atoms. The molecule has 3 aromatic rings. The first kappa shape index (κ1) is 15.3. The van der Waals surface area contributed by atoms with Crippen LogP contribution in [0.4, 0.5) is 0 Å². The van der Waals surface area contributed by atoms with Crippen LogP contribution >= 0.6 is 11.6 Å². The van der Waals surface area contributed by atoms with Crippen molar-refractivity contribution in [2.45, 2.75) is 13.5 Å². The highest BCUT2D eigenvalue weighted by Gasteiger charge is 2.07. The molecule has 4 nitrogen and oxygen atoms in total. The normalized spacial score (nSPS) is 11.2. The van der Waals surface area contributed by atoms with Crippen molar-refractivity contribution < 1.29 is 13.9 Å². The molecule has 0 aliphatic rings. The largest absolute Gasteiger partial charge is 0.453 e. The van der Waals surface area contributed by atoms with E-state index in [1.165, 1.54) is 6.08 Å². The Morgan fingerprint density at radius 3 is 2.91 bits per heavy atom. The van der Waals surface area contributed by atoms with Gasteiger partial charge in [0.15, 0.2) is 12.2 Å². The van der Waals surface area contributed by atoms with E-state index in [0.29, 0.717) is 16.5 Å². The number of halogens is 1. The van der Waals surface area contributed by atoms with Gasteiger partial charge in [0, 0.05) is 11.1 Å². The number of benzene rings is 2. The third-order valence-electron chi connectivity index (χ3n) is 3.28. The summed E-state index contributed by atoms with van der Waals surface area (Å²) in [6.45, 7) is 1.91. The molecule has 5 heteroatoms. The van der Waals surface area contributed by atoms with Crippen molar-refractivity contribution in [2.24, 2.45) is 0 Å². The van der Waals surface area contributed by atoms with Crippen LogP contribution in [-0.4, -0.2) is 11.0 Å². The van der Waals surface area contributed by atoms with Gasteiger partial charge in [0.05, 0.1) is 0 Å². The first-order chi connectivity index (χ1) is 11.1. The van der Waals surface area contributed by atoms with Crippen LogP contribution in [0.15, 0.2) is 53.0 Å². The molecule has 2 aromatic carbocycles. The fraction of sp³-hybridized carbons (Fsp3) is 0.111. The zero-order chi connectivity index (χ0) is 16.2. The van der Waals surface area contributed by atoms with E-state index in [1.807, 2.05) is 43.3 Å². The van der Waals surface area contributed by atoms with Crippen molar-refractivity contribution in [2.75, 3.05) is 0 Å². The average molecular weight is 328 g/mol. The molecule has 1 aromatic heterocycles. The number of hydrogen-bond acceptors (Lipinski definition) is 4. The van der Waals surface area contributed by atoms with Crippen molar-refractivity contribution in [3.63, 3.8) is 0 Å². The summed E-state index contributed by atoms with van der Waals surface area (Å²) in [5.41, 5.74) is 3.23. The quantitative estimate of drug-likeness (QED) is 0.521. The Balaban J connectivity index is 1.60. The highest BCUT2D eigenvalue weighted by atomic mass is 35.5. The van der Waals surface area contributed by atoms with Gasteiger partial charge < -0.3 is 9.15 Å². The molecule has 0 aliphatic heterocycles. The van der Waals surface area contributed by atoms with Crippen molar-refractivity contribution in [3.8, 4) is 0 Å². The van der Waals surface area contributed by atoms with Gasteiger partial charge in [-0.3, -0.25) is 0 Å². The minimum atomic E-state index is -0.469. The van der Waals surface area contributed by atoms with E-state index in [1.54, 1.807) is 12.1 Å². The maximum atomic E-state index is 11.7. The lowest BCUT2D eigenvalue weighted by Crippen LogP contribution is -2.00. The SMILES string of the molecule is Cc1ccc(/C=C/C(=O)OCc2nc3ccccc3o2)cc1Cl. The van der Waals surface area contributed by atoms with Crippen LogP contribution in [0, 0.1) is 6.92 Å². The predicted octanol–water partition coefficient (Wildman–Crippen LogP) is 4.55. The Kier molecular flexibility index (Phi) is 4.44. The number of oxazole rings is 1. The average Bonchev–Trinajstić information content (AvgIpc) is 2.97. The van der Waals surface area contributed by atoms with E-state index < -0.39 is 5.97 Å². The van der Waals surface area contributed by atoms with Crippen molar-refractivity contribution in [3.05, 3.63) is 70.6 Å². The smallest absolute Gasteiger partial charge is 0.331 e. The van der Waals surface area contributed by atoms with Gasteiger partial charge in [-0.15, -0.1) is 0 Å². The molecular formula is C18H14ClNO3. The number of carbonyl (C=O) groups excluding carboxylic acids is 1. The van der Waals surface area contributed by atoms with Gasteiger partial charge in [0.1, 0.15) is 5.52 Å². The number of fused-ring (bicyclic) bond motifs is 1. The molecule has 0 radical (unpaired) electrons. The summed E-state index contributed by atoms with van der Waals surface area (Å²) < 4.78 is 10.6. The molecular weight excluding hydrogens is 314 g/mol. The van der Waals surface area contributed by atoms with E-state index >= 15 is 0 Å². The second-order valence-electron chi connectivity index (χ2n) is 5.02. The van der Waals surface area contributed by atoms with Gasteiger partial charge in [-0.2, -0.15) is 0 Å². The second kappa shape index (κ2) is 6.67. The Bertz CT molecular complexity index is 850. The summed E-state index contributed by atoms with van der Waals surface area (Å²) in [6.07, 6.45) is 3.00. The van der Waals surface area contributed by atoms with Crippen LogP contribution in [0.5, 0.6) is 0 Å². The van der Waals surface area contributed by atoms with Gasteiger partial charge in [0.2, 0.25) is 5.89 Å². The lowest BCUT2D eigenvalue weighted by molar-refractivity contribution is -0.139. The zero-order valence-corrected chi connectivity index (χ0v) is 13.2. The van der Waals surface area contributed by atoms with Crippen molar-refractivity contribution in [1.82, 2.24) is 4.98 Å². The van der Waals surface area contributed by atoms with Crippen LogP contribution in [0.25, 0.3) is 17.2 Å². The van der Waals surface area contributed by atoms with Crippen LogP contribution in [-0.2, 0) is 16.1 Å². The fourth-order valence-electron chi connectivity index (χ4n) is 2.04. The summed E-state index contributed by atoms with van der Waals surface area (Å²) in [7, 11) is 0. The Hall–Kier alpha value is -2.59. The van der Waals surface area contributed by atoms with Crippen LogP contribution in [0.1, 0.15) is 17.0 Å². The molecule has 0 amide bonds.